The molecule has 0 bridgehead atoms. The first-order valence-corrected chi connectivity index (χ1v) is 8.87. The lowest BCUT2D eigenvalue weighted by atomic mass is 9.88. The second-order valence-electron chi connectivity index (χ2n) is 6.41. The molecule has 0 aliphatic carbocycles. The highest BCUT2D eigenvalue weighted by molar-refractivity contribution is 6.12. The molecule has 3 rings (SSSR count). The van der Waals surface area contributed by atoms with Crippen molar-refractivity contribution in [1.29, 1.82) is 0 Å². The van der Waals surface area contributed by atoms with Gasteiger partial charge in [-0.3, -0.25) is 19.3 Å². The molecule has 1 aliphatic heterocycles. The predicted octanol–water partition coefficient (Wildman–Crippen LogP) is 2.07. The van der Waals surface area contributed by atoms with E-state index in [0.29, 0.717) is 22.6 Å². The zero-order valence-corrected chi connectivity index (χ0v) is 15.7. The molecule has 1 N–H and O–H groups in total. The molecule has 7 nitrogen and oxygen atoms in total. The number of nitrogens with zero attached hydrogens (tertiary/aromatic N) is 1. The van der Waals surface area contributed by atoms with Crippen molar-refractivity contribution in [3.05, 3.63) is 59.7 Å². The Kier molecular flexibility index (Phi) is 5.46. The number of ether oxygens (including phenoxy) is 2. The molecule has 0 saturated heterocycles. The third-order valence-corrected chi connectivity index (χ3v) is 4.64. The highest BCUT2D eigenvalue weighted by atomic mass is 16.5. The highest BCUT2D eigenvalue weighted by Crippen LogP contribution is 2.42. The maximum absolute atomic E-state index is 13.0. The van der Waals surface area contributed by atoms with Crippen LogP contribution in [0.5, 0.6) is 5.75 Å². The maximum Gasteiger partial charge on any atom is 0.326 e. The average Bonchev–Trinajstić information content (AvgIpc) is 2.90. The number of esters is 1. The molecule has 0 aromatic heterocycles. The molecule has 0 saturated carbocycles. The molecule has 2 aromatic carbocycles. The lowest BCUT2D eigenvalue weighted by Crippen LogP contribution is -2.44. The molecule has 1 amide bonds. The van der Waals surface area contributed by atoms with Crippen molar-refractivity contribution in [3.63, 3.8) is 0 Å². The summed E-state index contributed by atoms with van der Waals surface area (Å²) in [5.41, 5.74) is -1.05. The van der Waals surface area contributed by atoms with Gasteiger partial charge in [-0.2, -0.15) is 0 Å². The van der Waals surface area contributed by atoms with Gasteiger partial charge < -0.3 is 14.6 Å². The van der Waals surface area contributed by atoms with Crippen molar-refractivity contribution >= 4 is 23.3 Å². The fraction of sp³-hybridized carbons (Fsp3) is 0.286. The van der Waals surface area contributed by atoms with Gasteiger partial charge in [-0.05, 0) is 25.1 Å². The number of hydrogen-bond donors (Lipinski definition) is 1. The second kappa shape index (κ2) is 7.82. The second-order valence-corrected chi connectivity index (χ2v) is 6.41. The van der Waals surface area contributed by atoms with Crippen LogP contribution in [0.2, 0.25) is 0 Å². The number of anilines is 1. The number of carbonyl (C=O) groups is 3. The maximum atomic E-state index is 13.0. The van der Waals surface area contributed by atoms with Gasteiger partial charge in [-0.25, -0.2) is 0 Å². The van der Waals surface area contributed by atoms with Gasteiger partial charge >= 0.3 is 5.97 Å². The zero-order valence-electron chi connectivity index (χ0n) is 15.7. The number of amides is 1. The van der Waals surface area contributed by atoms with E-state index in [4.69, 9.17) is 9.47 Å². The number of Topliss-reactive ketones (excluding diaryl/α,β-unsaturated/α-hetero) is 1. The first kappa shape index (κ1) is 19.6. The van der Waals surface area contributed by atoms with E-state index >= 15 is 0 Å². The zero-order chi connectivity index (χ0) is 20.3. The van der Waals surface area contributed by atoms with Crippen LogP contribution in [0.15, 0.2) is 48.5 Å². The Balaban J connectivity index is 1.92. The fourth-order valence-corrected chi connectivity index (χ4v) is 3.30. The van der Waals surface area contributed by atoms with E-state index in [9.17, 15) is 19.5 Å². The average molecular weight is 383 g/mol. The number of aliphatic hydroxyl groups is 1. The van der Waals surface area contributed by atoms with Gasteiger partial charge in [0.2, 0.25) is 0 Å². The number of ketones is 1. The van der Waals surface area contributed by atoms with Crippen molar-refractivity contribution in [2.75, 3.05) is 25.2 Å². The number of benzene rings is 2. The van der Waals surface area contributed by atoms with Crippen LogP contribution in [0.1, 0.15) is 29.3 Å². The lowest BCUT2D eigenvalue weighted by molar-refractivity contribution is -0.144. The molecule has 7 heteroatoms. The summed E-state index contributed by atoms with van der Waals surface area (Å²) in [5.74, 6) is -1.23. The van der Waals surface area contributed by atoms with Crippen LogP contribution in [0.4, 0.5) is 5.69 Å². The summed E-state index contributed by atoms with van der Waals surface area (Å²) in [6.07, 6.45) is -0.449. The van der Waals surface area contributed by atoms with E-state index in [1.165, 1.54) is 7.11 Å². The predicted molar refractivity (Wildman–Crippen MR) is 101 cm³/mol. The highest BCUT2D eigenvalue weighted by Gasteiger charge is 2.51. The van der Waals surface area contributed by atoms with Gasteiger partial charge in [0, 0.05) is 11.1 Å². The molecular weight excluding hydrogens is 362 g/mol. The van der Waals surface area contributed by atoms with Crippen molar-refractivity contribution in [3.8, 4) is 5.75 Å². The molecule has 0 fully saturated rings. The largest absolute Gasteiger partial charge is 0.497 e. The van der Waals surface area contributed by atoms with Crippen LogP contribution < -0.4 is 9.64 Å². The number of carbonyl (C=O) groups excluding carboxylic acids is 3. The summed E-state index contributed by atoms with van der Waals surface area (Å²) in [7, 11) is 1.49. The van der Waals surface area contributed by atoms with Gasteiger partial charge in [0.15, 0.2) is 11.4 Å². The fourth-order valence-electron chi connectivity index (χ4n) is 3.30. The van der Waals surface area contributed by atoms with Crippen molar-refractivity contribution in [2.24, 2.45) is 0 Å². The monoisotopic (exact) mass is 383 g/mol. The number of hydrogen-bond acceptors (Lipinski definition) is 6. The summed E-state index contributed by atoms with van der Waals surface area (Å²) in [6.45, 7) is 1.52. The molecule has 0 radical (unpaired) electrons. The molecule has 1 heterocycles. The first-order chi connectivity index (χ1) is 13.4. The molecule has 0 spiro atoms. The molecule has 0 unspecified atom stereocenters. The Morgan fingerprint density at radius 3 is 2.61 bits per heavy atom. The van der Waals surface area contributed by atoms with Gasteiger partial charge in [0.25, 0.3) is 5.91 Å². The number of methoxy groups -OCH3 is 1. The Labute approximate surface area is 162 Å². The number of rotatable bonds is 7. The summed E-state index contributed by atoms with van der Waals surface area (Å²) in [6, 6.07) is 13.1. The van der Waals surface area contributed by atoms with Crippen LogP contribution in [0.3, 0.4) is 0 Å². The van der Waals surface area contributed by atoms with E-state index in [1.807, 2.05) is 0 Å². The lowest BCUT2D eigenvalue weighted by Gasteiger charge is -2.22. The van der Waals surface area contributed by atoms with Crippen molar-refractivity contribution in [1.82, 2.24) is 0 Å². The van der Waals surface area contributed by atoms with Crippen LogP contribution in [0.25, 0.3) is 0 Å². The molecule has 1 aliphatic rings. The molecule has 28 heavy (non-hydrogen) atoms. The van der Waals surface area contributed by atoms with E-state index < -0.39 is 29.7 Å². The van der Waals surface area contributed by atoms with Crippen LogP contribution in [-0.4, -0.2) is 43.0 Å². The molecule has 2 aromatic rings. The standard InChI is InChI=1S/C21H21NO6/c1-3-28-19(24)13-22-17-10-5-4-9-16(17)21(26,20(22)25)12-18(23)14-7-6-8-15(11-14)27-2/h4-11,26H,3,12-13H2,1-2H3/t21-/m1/s1. The number of fused-ring (bicyclic) bond motifs is 1. The van der Waals surface area contributed by atoms with Crippen molar-refractivity contribution < 1.29 is 29.0 Å². The Morgan fingerprint density at radius 1 is 1.14 bits per heavy atom. The summed E-state index contributed by atoms with van der Waals surface area (Å²) >= 11 is 0. The van der Waals surface area contributed by atoms with Crippen molar-refractivity contribution in [2.45, 2.75) is 18.9 Å². The van der Waals surface area contributed by atoms with E-state index in [0.717, 1.165) is 4.90 Å². The van der Waals surface area contributed by atoms with Crippen LogP contribution in [-0.2, 0) is 19.9 Å². The van der Waals surface area contributed by atoms with Crippen LogP contribution in [0, 0.1) is 0 Å². The van der Waals surface area contributed by atoms with E-state index in [1.54, 1.807) is 55.5 Å². The first-order valence-electron chi connectivity index (χ1n) is 8.87. The summed E-state index contributed by atoms with van der Waals surface area (Å²) in [5, 5.41) is 11.2. The normalized spacial score (nSPS) is 18.0. The Morgan fingerprint density at radius 2 is 1.89 bits per heavy atom. The summed E-state index contributed by atoms with van der Waals surface area (Å²) < 4.78 is 10.0. The minimum atomic E-state index is -2.05. The van der Waals surface area contributed by atoms with Gasteiger partial charge in [0.05, 0.1) is 25.8 Å². The molecule has 1 atom stereocenters. The topological polar surface area (TPSA) is 93.1 Å². The van der Waals surface area contributed by atoms with E-state index in [-0.39, 0.29) is 13.2 Å². The van der Waals surface area contributed by atoms with Gasteiger partial charge in [0.1, 0.15) is 12.3 Å². The third kappa shape index (κ3) is 3.48. The van der Waals surface area contributed by atoms with Gasteiger partial charge in [-0.1, -0.05) is 30.3 Å². The molecular formula is C21H21NO6. The summed E-state index contributed by atoms with van der Waals surface area (Å²) in [4.78, 5) is 38.8. The minimum absolute atomic E-state index is 0.182. The molecule has 146 valence electrons. The third-order valence-electron chi connectivity index (χ3n) is 4.64. The number of para-hydroxylation sites is 1. The Hall–Kier alpha value is -3.19. The Bertz CT molecular complexity index is 925. The van der Waals surface area contributed by atoms with Gasteiger partial charge in [-0.15, -0.1) is 0 Å². The minimum Gasteiger partial charge on any atom is -0.497 e. The van der Waals surface area contributed by atoms with Crippen LogP contribution >= 0.6 is 0 Å². The SMILES string of the molecule is CCOC(=O)CN1C(=O)[C@@](O)(CC(=O)c2cccc(OC)c2)c2ccccc21. The smallest absolute Gasteiger partial charge is 0.326 e. The quantitative estimate of drug-likeness (QED) is 0.581. The van der Waals surface area contributed by atoms with E-state index in [2.05, 4.69) is 0 Å².